The van der Waals surface area contributed by atoms with Crippen molar-refractivity contribution < 1.29 is 29.6 Å². The Bertz CT molecular complexity index is 967. The number of hydrogen-bond acceptors (Lipinski definition) is 5. The van der Waals surface area contributed by atoms with E-state index in [1.165, 1.54) is 57.1 Å². The predicted molar refractivity (Wildman–Crippen MR) is 144 cm³/mol. The Kier molecular flexibility index (Phi) is 13.8. The number of ether oxygens (including phenoxy) is 1. The van der Waals surface area contributed by atoms with Crippen molar-refractivity contribution in [2.75, 3.05) is 6.61 Å². The zero-order chi connectivity index (χ0) is 26.3. The van der Waals surface area contributed by atoms with E-state index in [1.807, 2.05) is 0 Å². The first kappa shape index (κ1) is 30.0. The van der Waals surface area contributed by atoms with Crippen LogP contribution in [0.15, 0.2) is 47.4 Å². The summed E-state index contributed by atoms with van der Waals surface area (Å²) in [4.78, 5) is 23.6. The molecule has 0 saturated carbocycles. The fourth-order valence-electron chi connectivity index (χ4n) is 3.92. The van der Waals surface area contributed by atoms with Crippen LogP contribution >= 0.6 is 23.4 Å². The van der Waals surface area contributed by atoms with Gasteiger partial charge in [-0.3, -0.25) is 0 Å². The molecule has 0 aliphatic heterocycles. The average Bonchev–Trinajstić information content (AvgIpc) is 2.86. The smallest absolute Gasteiger partial charge is 0.335 e. The lowest BCUT2D eigenvalue weighted by Gasteiger charge is -2.23. The Hall–Kier alpha value is -2.22. The third-order valence-corrected chi connectivity index (χ3v) is 7.44. The Morgan fingerprint density at radius 3 is 2.17 bits per heavy atom. The van der Waals surface area contributed by atoms with Gasteiger partial charge in [0.1, 0.15) is 5.75 Å². The second-order valence-corrected chi connectivity index (χ2v) is 10.5. The fraction of sp³-hybridized carbons (Fsp3) is 0.500. The van der Waals surface area contributed by atoms with Crippen molar-refractivity contribution in [2.24, 2.45) is 0 Å². The molecule has 0 aromatic heterocycles. The van der Waals surface area contributed by atoms with Crippen LogP contribution in [0.3, 0.4) is 0 Å². The minimum atomic E-state index is -1.75. The first-order valence-electron chi connectivity index (χ1n) is 12.7. The van der Waals surface area contributed by atoms with E-state index >= 15 is 0 Å². The normalized spacial score (nSPS) is 12.8. The van der Waals surface area contributed by atoms with Gasteiger partial charge in [0.15, 0.2) is 6.10 Å². The SMILES string of the molecule is CCCCCCCCCCCCOc1ccc(Cl)cc1C(Sc1cccc(C(=O)O)c1)C(O)C(=O)O. The molecule has 2 unspecified atom stereocenters. The van der Waals surface area contributed by atoms with E-state index in [1.54, 1.807) is 30.3 Å². The summed E-state index contributed by atoms with van der Waals surface area (Å²) < 4.78 is 6.00. The minimum absolute atomic E-state index is 0.0760. The highest BCUT2D eigenvalue weighted by atomic mass is 35.5. The van der Waals surface area contributed by atoms with Gasteiger partial charge >= 0.3 is 11.9 Å². The molecule has 2 rings (SSSR count). The van der Waals surface area contributed by atoms with Gasteiger partial charge in [-0.2, -0.15) is 0 Å². The van der Waals surface area contributed by atoms with Crippen LogP contribution < -0.4 is 4.74 Å². The van der Waals surface area contributed by atoms with Crippen molar-refractivity contribution >= 4 is 35.3 Å². The summed E-state index contributed by atoms with van der Waals surface area (Å²) >= 11 is 7.28. The standard InChI is InChI=1S/C28H37ClO6S/c1-2-3-4-5-6-7-8-9-10-11-17-35-24-16-15-21(29)19-23(24)26(25(30)28(33)34)36-22-14-12-13-20(18-22)27(31)32/h12-16,18-19,25-26,30H,2-11,17H2,1H3,(H,31,32)(H,33,34). The average molecular weight is 537 g/mol. The Balaban J connectivity index is 2.01. The van der Waals surface area contributed by atoms with Crippen LogP contribution in [0.25, 0.3) is 0 Å². The lowest BCUT2D eigenvalue weighted by atomic mass is 10.1. The Morgan fingerprint density at radius 1 is 0.917 bits per heavy atom. The zero-order valence-electron chi connectivity index (χ0n) is 20.8. The molecular formula is C28H37ClO6S. The maximum atomic E-state index is 11.7. The van der Waals surface area contributed by atoms with Gasteiger partial charge in [-0.1, -0.05) is 82.4 Å². The number of hydrogen-bond donors (Lipinski definition) is 3. The molecule has 198 valence electrons. The van der Waals surface area contributed by atoms with Crippen molar-refractivity contribution in [1.82, 2.24) is 0 Å². The first-order chi connectivity index (χ1) is 17.3. The quantitative estimate of drug-likeness (QED) is 0.133. The molecule has 0 aliphatic carbocycles. The number of rotatable bonds is 18. The van der Waals surface area contributed by atoms with Crippen molar-refractivity contribution in [3.63, 3.8) is 0 Å². The highest BCUT2D eigenvalue weighted by Crippen LogP contribution is 2.43. The second kappa shape index (κ2) is 16.5. The lowest BCUT2D eigenvalue weighted by Crippen LogP contribution is -2.26. The molecule has 3 N–H and O–H groups in total. The highest BCUT2D eigenvalue weighted by molar-refractivity contribution is 7.99. The maximum Gasteiger partial charge on any atom is 0.335 e. The van der Waals surface area contributed by atoms with Gasteiger partial charge in [0.25, 0.3) is 0 Å². The summed E-state index contributed by atoms with van der Waals surface area (Å²) in [5, 5.41) is 28.8. The van der Waals surface area contributed by atoms with Crippen molar-refractivity contribution in [2.45, 2.75) is 87.4 Å². The monoisotopic (exact) mass is 536 g/mol. The number of aromatic carboxylic acids is 1. The summed E-state index contributed by atoms with van der Waals surface area (Å²) in [6, 6.07) is 11.1. The van der Waals surface area contributed by atoms with Crippen molar-refractivity contribution in [3.05, 3.63) is 58.6 Å². The number of aliphatic hydroxyl groups excluding tert-OH is 1. The highest BCUT2D eigenvalue weighted by Gasteiger charge is 2.31. The molecule has 2 aromatic carbocycles. The van der Waals surface area contributed by atoms with Crippen LogP contribution in [0, 0.1) is 0 Å². The van der Waals surface area contributed by atoms with Crippen LogP contribution in [0.1, 0.15) is 92.3 Å². The van der Waals surface area contributed by atoms with Crippen LogP contribution in [-0.2, 0) is 4.79 Å². The van der Waals surface area contributed by atoms with Gasteiger partial charge in [-0.25, -0.2) is 9.59 Å². The third-order valence-electron chi connectivity index (χ3n) is 5.92. The van der Waals surface area contributed by atoms with E-state index in [0.717, 1.165) is 31.0 Å². The molecule has 2 atom stereocenters. The van der Waals surface area contributed by atoms with E-state index in [9.17, 15) is 24.9 Å². The number of thioether (sulfide) groups is 1. The van der Waals surface area contributed by atoms with Crippen LogP contribution in [0.4, 0.5) is 0 Å². The summed E-state index contributed by atoms with van der Waals surface area (Å²) in [6.45, 7) is 2.70. The largest absolute Gasteiger partial charge is 0.493 e. The van der Waals surface area contributed by atoms with E-state index in [0.29, 0.717) is 27.8 Å². The number of carbonyl (C=O) groups is 2. The number of carboxylic acids is 2. The topological polar surface area (TPSA) is 104 Å². The molecule has 0 radical (unpaired) electrons. The lowest BCUT2D eigenvalue weighted by molar-refractivity contribution is -0.146. The minimum Gasteiger partial charge on any atom is -0.493 e. The third kappa shape index (κ3) is 10.4. The second-order valence-electron chi connectivity index (χ2n) is 8.87. The van der Waals surface area contributed by atoms with Gasteiger partial charge < -0.3 is 20.1 Å². The zero-order valence-corrected chi connectivity index (χ0v) is 22.4. The number of unbranched alkanes of at least 4 members (excludes halogenated alkanes) is 9. The molecule has 0 fully saturated rings. The molecule has 0 bridgehead atoms. The van der Waals surface area contributed by atoms with E-state index < -0.39 is 23.3 Å². The summed E-state index contributed by atoms with van der Waals surface area (Å²) in [7, 11) is 0. The van der Waals surface area contributed by atoms with Gasteiger partial charge in [-0.15, -0.1) is 11.8 Å². The predicted octanol–water partition coefficient (Wildman–Crippen LogP) is 7.62. The van der Waals surface area contributed by atoms with Crippen LogP contribution in [-0.4, -0.2) is 40.0 Å². The van der Waals surface area contributed by atoms with E-state index in [4.69, 9.17) is 16.3 Å². The maximum absolute atomic E-state index is 11.7. The summed E-state index contributed by atoms with van der Waals surface area (Å²) in [6.07, 6.45) is 10.3. The fourth-order valence-corrected chi connectivity index (χ4v) is 5.30. The Morgan fingerprint density at radius 2 is 1.56 bits per heavy atom. The molecule has 2 aromatic rings. The van der Waals surface area contributed by atoms with Gasteiger partial charge in [0.05, 0.1) is 17.4 Å². The number of carboxylic acid groups (broad SMARTS) is 2. The van der Waals surface area contributed by atoms with Crippen LogP contribution in [0.5, 0.6) is 5.75 Å². The van der Waals surface area contributed by atoms with Gasteiger partial charge in [0.2, 0.25) is 0 Å². The van der Waals surface area contributed by atoms with Crippen molar-refractivity contribution in [1.29, 1.82) is 0 Å². The molecule has 36 heavy (non-hydrogen) atoms. The summed E-state index contributed by atoms with van der Waals surface area (Å²) in [5.74, 6) is -2.01. The molecule has 6 nitrogen and oxygen atoms in total. The molecule has 0 heterocycles. The van der Waals surface area contributed by atoms with Gasteiger partial charge in [-0.05, 0) is 42.8 Å². The molecule has 0 spiro atoms. The molecular weight excluding hydrogens is 500 g/mol. The number of halogens is 1. The molecule has 0 aliphatic rings. The number of benzene rings is 2. The van der Waals surface area contributed by atoms with E-state index in [-0.39, 0.29) is 5.56 Å². The Labute approximate surface area is 223 Å². The first-order valence-corrected chi connectivity index (χ1v) is 13.9. The number of aliphatic hydroxyl groups is 1. The molecule has 8 heteroatoms. The van der Waals surface area contributed by atoms with Crippen LogP contribution in [0.2, 0.25) is 5.02 Å². The van der Waals surface area contributed by atoms with E-state index in [2.05, 4.69) is 6.92 Å². The van der Waals surface area contributed by atoms with Crippen molar-refractivity contribution in [3.8, 4) is 5.75 Å². The number of aliphatic carboxylic acids is 1. The molecule has 0 amide bonds. The van der Waals surface area contributed by atoms with Gasteiger partial charge in [0, 0.05) is 15.5 Å². The molecule has 0 saturated heterocycles. The summed E-state index contributed by atoms with van der Waals surface area (Å²) in [5.41, 5.74) is 0.530.